The van der Waals surface area contributed by atoms with E-state index < -0.39 is 60.2 Å². The SMILES string of the molecule is CC(C)CC(NC(=O)C(N)Cc1ccc(O)cc1)C(=O)NC(CC(N)=O)C(=O)NC(Cc1ccccc1)C(=O)O. The molecular weight excluding hydrogens is 518 g/mol. The van der Waals surface area contributed by atoms with Crippen LogP contribution in [0.25, 0.3) is 0 Å². The summed E-state index contributed by atoms with van der Waals surface area (Å²) in [5.41, 5.74) is 12.7. The van der Waals surface area contributed by atoms with Crippen LogP contribution in [0.3, 0.4) is 0 Å². The summed E-state index contributed by atoms with van der Waals surface area (Å²) in [6, 6.07) is 9.90. The van der Waals surface area contributed by atoms with Gasteiger partial charge in [0.1, 0.15) is 23.9 Å². The molecule has 4 unspecified atom stereocenters. The molecule has 216 valence electrons. The maximum atomic E-state index is 13.2. The Balaban J connectivity index is 2.12. The minimum atomic E-state index is -1.47. The highest BCUT2D eigenvalue weighted by molar-refractivity contribution is 5.96. The van der Waals surface area contributed by atoms with Gasteiger partial charge in [-0.25, -0.2) is 4.79 Å². The normalized spacial score (nSPS) is 13.9. The van der Waals surface area contributed by atoms with E-state index in [0.717, 1.165) is 0 Å². The summed E-state index contributed by atoms with van der Waals surface area (Å²) in [5.74, 6) is -4.44. The zero-order chi connectivity index (χ0) is 29.8. The lowest BCUT2D eigenvalue weighted by Gasteiger charge is -2.25. The molecule has 9 N–H and O–H groups in total. The van der Waals surface area contributed by atoms with Gasteiger partial charge in [0.15, 0.2) is 0 Å². The molecule has 0 bridgehead atoms. The third-order valence-electron chi connectivity index (χ3n) is 6.00. The van der Waals surface area contributed by atoms with E-state index in [-0.39, 0.29) is 30.9 Å². The van der Waals surface area contributed by atoms with E-state index in [4.69, 9.17) is 11.5 Å². The zero-order valence-electron chi connectivity index (χ0n) is 22.5. The Labute approximate surface area is 232 Å². The number of primary amides is 1. The Bertz CT molecular complexity index is 1170. The Kier molecular flexibility index (Phi) is 12.1. The standard InChI is InChI=1S/C28H37N5O7/c1-16(2)12-21(31-25(36)20(29)13-18-8-10-19(34)11-9-18)26(37)32-22(15-24(30)35)27(38)33-23(28(39)40)14-17-6-4-3-5-7-17/h3-11,16,20-23,34H,12-15,29H2,1-2H3,(H2,30,35)(H,31,36)(H,32,37)(H,33,38)(H,39,40). The first kappa shape index (κ1) is 31.8. The number of carbonyl (C=O) groups excluding carboxylic acids is 4. The van der Waals surface area contributed by atoms with Gasteiger partial charge in [-0.15, -0.1) is 0 Å². The van der Waals surface area contributed by atoms with Crippen molar-refractivity contribution in [1.29, 1.82) is 0 Å². The number of benzene rings is 2. The quantitative estimate of drug-likeness (QED) is 0.158. The monoisotopic (exact) mass is 555 g/mol. The number of nitrogens with two attached hydrogens (primary N) is 2. The van der Waals surface area contributed by atoms with Crippen molar-refractivity contribution < 1.29 is 34.2 Å². The molecule has 0 saturated carbocycles. The van der Waals surface area contributed by atoms with Gasteiger partial charge in [-0.3, -0.25) is 19.2 Å². The van der Waals surface area contributed by atoms with Crippen molar-refractivity contribution in [1.82, 2.24) is 16.0 Å². The smallest absolute Gasteiger partial charge is 0.326 e. The lowest BCUT2D eigenvalue weighted by atomic mass is 10.0. The van der Waals surface area contributed by atoms with Crippen molar-refractivity contribution in [3.05, 3.63) is 65.7 Å². The molecule has 0 saturated heterocycles. The van der Waals surface area contributed by atoms with E-state index >= 15 is 0 Å². The minimum Gasteiger partial charge on any atom is -0.508 e. The van der Waals surface area contributed by atoms with Crippen molar-refractivity contribution in [3.63, 3.8) is 0 Å². The van der Waals surface area contributed by atoms with E-state index in [9.17, 15) is 34.2 Å². The lowest BCUT2D eigenvalue weighted by molar-refractivity contribution is -0.142. The number of carboxylic acid groups (broad SMARTS) is 1. The van der Waals surface area contributed by atoms with Gasteiger partial charge in [-0.05, 0) is 42.0 Å². The van der Waals surface area contributed by atoms with Crippen LogP contribution in [-0.4, -0.2) is 64.0 Å². The molecule has 0 spiro atoms. The lowest BCUT2D eigenvalue weighted by Crippen LogP contribution is -2.58. The molecule has 40 heavy (non-hydrogen) atoms. The predicted molar refractivity (Wildman–Crippen MR) is 147 cm³/mol. The molecule has 12 nitrogen and oxygen atoms in total. The largest absolute Gasteiger partial charge is 0.508 e. The van der Waals surface area contributed by atoms with Gasteiger partial charge in [0, 0.05) is 6.42 Å². The fourth-order valence-corrected chi connectivity index (χ4v) is 3.97. The minimum absolute atomic E-state index is 0.0237. The van der Waals surface area contributed by atoms with Gasteiger partial charge in [0.05, 0.1) is 12.5 Å². The summed E-state index contributed by atoms with van der Waals surface area (Å²) in [4.78, 5) is 62.5. The van der Waals surface area contributed by atoms with Crippen molar-refractivity contribution in [2.45, 2.75) is 63.7 Å². The maximum Gasteiger partial charge on any atom is 0.326 e. The van der Waals surface area contributed by atoms with Crippen LogP contribution < -0.4 is 27.4 Å². The highest BCUT2D eigenvalue weighted by atomic mass is 16.4. The van der Waals surface area contributed by atoms with E-state index in [1.165, 1.54) is 12.1 Å². The number of aliphatic carboxylic acids is 1. The molecule has 0 heterocycles. The number of aromatic hydroxyl groups is 1. The summed E-state index contributed by atoms with van der Waals surface area (Å²) < 4.78 is 0. The van der Waals surface area contributed by atoms with Crippen LogP contribution in [0.4, 0.5) is 0 Å². The van der Waals surface area contributed by atoms with Crippen LogP contribution in [0.1, 0.15) is 37.8 Å². The van der Waals surface area contributed by atoms with Crippen LogP contribution >= 0.6 is 0 Å². The maximum absolute atomic E-state index is 13.2. The number of phenolic OH excluding ortho intramolecular Hbond substituents is 1. The van der Waals surface area contributed by atoms with E-state index in [2.05, 4.69) is 16.0 Å². The number of phenols is 1. The summed E-state index contributed by atoms with van der Waals surface area (Å²) in [6.07, 6.45) is -0.269. The van der Waals surface area contributed by atoms with Gasteiger partial charge < -0.3 is 37.6 Å². The summed E-state index contributed by atoms with van der Waals surface area (Å²) in [5, 5.41) is 26.4. The second-order valence-electron chi connectivity index (χ2n) is 9.99. The van der Waals surface area contributed by atoms with Crippen molar-refractivity contribution >= 4 is 29.6 Å². The third-order valence-corrected chi connectivity index (χ3v) is 6.00. The Hall–Kier alpha value is -4.45. The number of hydrogen-bond acceptors (Lipinski definition) is 7. The summed E-state index contributed by atoms with van der Waals surface area (Å²) >= 11 is 0. The fraction of sp³-hybridized carbons (Fsp3) is 0.393. The van der Waals surface area contributed by atoms with Crippen LogP contribution in [0.2, 0.25) is 0 Å². The second-order valence-corrected chi connectivity index (χ2v) is 9.99. The summed E-state index contributed by atoms with van der Waals surface area (Å²) in [7, 11) is 0. The molecule has 0 aromatic heterocycles. The Morgan fingerprint density at radius 2 is 1.27 bits per heavy atom. The number of carbonyl (C=O) groups is 5. The molecule has 2 aromatic carbocycles. The predicted octanol–water partition coefficient (Wildman–Crippen LogP) is -0.0348. The molecule has 12 heteroatoms. The molecule has 0 fully saturated rings. The van der Waals surface area contributed by atoms with E-state index in [1.54, 1.807) is 42.5 Å². The number of amides is 4. The van der Waals surface area contributed by atoms with Crippen LogP contribution in [0, 0.1) is 5.92 Å². The molecule has 0 aliphatic heterocycles. The molecule has 0 aliphatic carbocycles. The number of hydrogen-bond donors (Lipinski definition) is 7. The number of nitrogens with one attached hydrogen (secondary N) is 3. The van der Waals surface area contributed by atoms with Gasteiger partial charge in [0.25, 0.3) is 0 Å². The molecule has 2 aromatic rings. The first-order valence-corrected chi connectivity index (χ1v) is 12.8. The number of carboxylic acids is 1. The first-order valence-electron chi connectivity index (χ1n) is 12.8. The molecule has 2 rings (SSSR count). The van der Waals surface area contributed by atoms with Gasteiger partial charge in [0.2, 0.25) is 23.6 Å². The molecule has 0 aliphatic rings. The third kappa shape index (κ3) is 10.7. The fourth-order valence-electron chi connectivity index (χ4n) is 3.97. The van der Waals surface area contributed by atoms with Crippen LogP contribution in [-0.2, 0) is 36.8 Å². The van der Waals surface area contributed by atoms with E-state index in [0.29, 0.717) is 11.1 Å². The van der Waals surface area contributed by atoms with Crippen LogP contribution in [0.15, 0.2) is 54.6 Å². The van der Waals surface area contributed by atoms with Crippen molar-refractivity contribution in [2.75, 3.05) is 0 Å². The van der Waals surface area contributed by atoms with E-state index in [1.807, 2.05) is 13.8 Å². The Morgan fingerprint density at radius 1 is 0.750 bits per heavy atom. The second kappa shape index (κ2) is 15.2. The molecular formula is C28H37N5O7. The van der Waals surface area contributed by atoms with Gasteiger partial charge in [-0.2, -0.15) is 0 Å². The molecule has 4 amide bonds. The average Bonchev–Trinajstić information content (AvgIpc) is 2.88. The molecule has 0 radical (unpaired) electrons. The zero-order valence-corrected chi connectivity index (χ0v) is 22.5. The average molecular weight is 556 g/mol. The molecule has 4 atom stereocenters. The van der Waals surface area contributed by atoms with Crippen molar-refractivity contribution in [2.24, 2.45) is 17.4 Å². The van der Waals surface area contributed by atoms with Gasteiger partial charge in [-0.1, -0.05) is 56.3 Å². The van der Waals surface area contributed by atoms with Crippen LogP contribution in [0.5, 0.6) is 5.75 Å². The first-order chi connectivity index (χ1) is 18.8. The summed E-state index contributed by atoms with van der Waals surface area (Å²) in [6.45, 7) is 3.66. The Morgan fingerprint density at radius 3 is 1.82 bits per heavy atom. The van der Waals surface area contributed by atoms with Gasteiger partial charge >= 0.3 is 5.97 Å². The van der Waals surface area contributed by atoms with Crippen molar-refractivity contribution in [3.8, 4) is 5.75 Å². The number of rotatable bonds is 15. The highest BCUT2D eigenvalue weighted by Crippen LogP contribution is 2.12. The topological polar surface area (TPSA) is 214 Å². The highest BCUT2D eigenvalue weighted by Gasteiger charge is 2.31.